The van der Waals surface area contributed by atoms with Crippen LogP contribution in [-0.2, 0) is 20.0 Å². The molecule has 0 N–H and O–H groups in total. The molecular formula is C16H21O3PS. The molecule has 0 aliphatic heterocycles. The van der Waals surface area contributed by atoms with Gasteiger partial charge in [0, 0.05) is 4.90 Å². The second-order valence-electron chi connectivity index (χ2n) is 4.14. The molecule has 3 nitrogen and oxygen atoms in total. The van der Waals surface area contributed by atoms with E-state index in [0.29, 0.717) is 13.2 Å². The molecule has 0 aliphatic rings. The highest BCUT2D eigenvalue weighted by Crippen LogP contribution is 2.52. The highest BCUT2D eigenvalue weighted by molar-refractivity contribution is 8.17. The van der Waals surface area contributed by atoms with Gasteiger partial charge in [0.25, 0.3) is 0 Å². The fraction of sp³-hybridized carbons (Fsp3) is 0.250. The Kier molecular flexibility index (Phi) is 6.52. The quantitative estimate of drug-likeness (QED) is 0.591. The van der Waals surface area contributed by atoms with E-state index in [4.69, 9.17) is 13.6 Å². The first kappa shape index (κ1) is 16.3. The van der Waals surface area contributed by atoms with Crippen LogP contribution in [0.4, 0.5) is 0 Å². The lowest BCUT2D eigenvalue weighted by Crippen LogP contribution is -2.04. The van der Waals surface area contributed by atoms with Crippen LogP contribution in [0.25, 0.3) is 0 Å². The third-order valence-corrected chi connectivity index (χ3v) is 7.29. The second-order valence-corrected chi connectivity index (χ2v) is 8.57. The summed E-state index contributed by atoms with van der Waals surface area (Å²) < 4.78 is 18.0. The largest absolute Gasteiger partial charge is 0.428 e. The molecule has 0 saturated heterocycles. The van der Waals surface area contributed by atoms with Crippen molar-refractivity contribution >= 4 is 17.7 Å². The van der Waals surface area contributed by atoms with Gasteiger partial charge in [0.15, 0.2) is 0 Å². The van der Waals surface area contributed by atoms with E-state index < -0.39 is 6.72 Å². The fourth-order valence-electron chi connectivity index (χ4n) is 1.75. The molecule has 21 heavy (non-hydrogen) atoms. The molecule has 114 valence electrons. The van der Waals surface area contributed by atoms with Gasteiger partial charge in [0.2, 0.25) is 0 Å². The summed E-state index contributed by atoms with van der Waals surface area (Å²) in [6, 6.07) is 19.8. The van der Waals surface area contributed by atoms with Crippen LogP contribution in [-0.4, -0.2) is 13.2 Å². The zero-order chi connectivity index (χ0) is 15.0. The van der Waals surface area contributed by atoms with Gasteiger partial charge in [-0.25, -0.2) is 0 Å². The van der Waals surface area contributed by atoms with Crippen LogP contribution in [0.5, 0.6) is 5.75 Å². The topological polar surface area (TPSA) is 27.7 Å². The average molecular weight is 324 g/mol. The molecule has 0 amide bonds. The Hall–Kier alpha value is -1.06. The Bertz CT molecular complexity index is 577. The van der Waals surface area contributed by atoms with E-state index >= 15 is 0 Å². The van der Waals surface area contributed by atoms with E-state index in [1.54, 1.807) is 0 Å². The molecule has 0 saturated carbocycles. The molecule has 2 aromatic rings. The number of benzene rings is 2. The molecule has 0 unspecified atom stereocenters. The molecular weight excluding hydrogens is 303 g/mol. The fourth-order valence-corrected chi connectivity index (χ4v) is 6.40. The Morgan fingerprint density at radius 3 is 1.86 bits per heavy atom. The van der Waals surface area contributed by atoms with Crippen LogP contribution in [0, 0.1) is 0 Å². The summed E-state index contributed by atoms with van der Waals surface area (Å²) in [7, 11) is 0.937. The molecule has 0 aromatic heterocycles. The van der Waals surface area contributed by atoms with Crippen LogP contribution in [0.15, 0.2) is 65.6 Å². The first-order chi connectivity index (χ1) is 10.3. The van der Waals surface area contributed by atoms with Gasteiger partial charge in [0.05, 0.1) is 13.2 Å². The third kappa shape index (κ3) is 5.01. The van der Waals surface area contributed by atoms with Crippen molar-refractivity contribution in [3.8, 4) is 5.75 Å². The van der Waals surface area contributed by atoms with Gasteiger partial charge < -0.3 is 13.6 Å². The number of hydrogen-bond donors (Lipinski definition) is 1. The summed E-state index contributed by atoms with van der Waals surface area (Å²) in [6.07, 6.45) is 0. The summed E-state index contributed by atoms with van der Waals surface area (Å²) >= 11 is 0. The maximum absolute atomic E-state index is 6.14. The van der Waals surface area contributed by atoms with Crippen molar-refractivity contribution in [1.82, 2.24) is 0 Å². The smallest absolute Gasteiger partial charge is 0.339 e. The standard InChI is InChI=1S/C16H21O3PS/c1-3-17-20(18-4-2,19-15-11-7-5-8-12-15)21-16-13-9-6-10-14-16/h5-14,21H,3-4H2,1-2H3. The normalized spacial score (nSPS) is 11.3. The first-order valence-corrected chi connectivity index (χ1v) is 10.1. The molecule has 2 aromatic carbocycles. The minimum atomic E-state index is -2.47. The van der Waals surface area contributed by atoms with Crippen LogP contribution < -0.4 is 4.52 Å². The Morgan fingerprint density at radius 2 is 1.33 bits per heavy atom. The first-order valence-electron chi connectivity index (χ1n) is 6.99. The van der Waals surface area contributed by atoms with Gasteiger partial charge in [-0.3, -0.25) is 0 Å². The highest BCUT2D eigenvalue weighted by Gasteiger charge is 2.22. The average Bonchev–Trinajstić information content (AvgIpc) is 2.50. The lowest BCUT2D eigenvalue weighted by atomic mass is 10.3. The minimum Gasteiger partial charge on any atom is -0.428 e. The van der Waals surface area contributed by atoms with Crippen LogP contribution in [0.1, 0.15) is 13.8 Å². The molecule has 0 bridgehead atoms. The monoisotopic (exact) mass is 324 g/mol. The number of rotatable bonds is 7. The zero-order valence-corrected chi connectivity index (χ0v) is 14.1. The van der Waals surface area contributed by atoms with E-state index in [0.717, 1.165) is 21.6 Å². The summed E-state index contributed by atoms with van der Waals surface area (Å²) in [5.74, 6) is 0.774. The zero-order valence-electron chi connectivity index (χ0n) is 12.3. The van der Waals surface area contributed by atoms with Gasteiger partial charge in [-0.15, -0.1) is 0 Å². The van der Waals surface area contributed by atoms with E-state index in [1.807, 2.05) is 62.4 Å². The van der Waals surface area contributed by atoms with Crippen molar-refractivity contribution in [1.29, 1.82) is 0 Å². The van der Waals surface area contributed by atoms with Gasteiger partial charge in [-0.1, -0.05) is 47.3 Å². The van der Waals surface area contributed by atoms with Crippen molar-refractivity contribution in [2.45, 2.75) is 18.7 Å². The Morgan fingerprint density at radius 1 is 0.810 bits per heavy atom. The van der Waals surface area contributed by atoms with Crippen molar-refractivity contribution in [3.05, 3.63) is 60.7 Å². The number of para-hydroxylation sites is 1. The minimum absolute atomic E-state index is 0.556. The lowest BCUT2D eigenvalue weighted by molar-refractivity contribution is 0.217. The van der Waals surface area contributed by atoms with E-state index in [9.17, 15) is 0 Å². The van der Waals surface area contributed by atoms with Gasteiger partial charge >= 0.3 is 6.72 Å². The maximum atomic E-state index is 6.14. The molecule has 0 radical (unpaired) electrons. The molecule has 5 heteroatoms. The van der Waals surface area contributed by atoms with Crippen LogP contribution in [0.3, 0.4) is 0 Å². The van der Waals surface area contributed by atoms with Crippen molar-refractivity contribution in [2.75, 3.05) is 13.2 Å². The summed E-state index contributed by atoms with van der Waals surface area (Å²) in [4.78, 5) is 1.13. The van der Waals surface area contributed by atoms with E-state index in [1.165, 1.54) is 0 Å². The summed E-state index contributed by atoms with van der Waals surface area (Å²) in [6.45, 7) is 2.57. The Balaban J connectivity index is 2.39. The second kappa shape index (κ2) is 8.40. The SMILES string of the molecule is CCOP(OCC)(Oc1ccccc1)=[SH]c1ccccc1. The predicted molar refractivity (Wildman–Crippen MR) is 90.7 cm³/mol. The van der Waals surface area contributed by atoms with Gasteiger partial charge in [-0.2, -0.15) is 0 Å². The van der Waals surface area contributed by atoms with Crippen molar-refractivity contribution in [2.24, 2.45) is 0 Å². The molecule has 2 rings (SSSR count). The maximum Gasteiger partial charge on any atom is 0.339 e. The van der Waals surface area contributed by atoms with Crippen LogP contribution >= 0.6 is 6.72 Å². The van der Waals surface area contributed by atoms with Crippen molar-refractivity contribution < 1.29 is 13.6 Å². The van der Waals surface area contributed by atoms with Crippen molar-refractivity contribution in [3.63, 3.8) is 0 Å². The summed E-state index contributed by atoms with van der Waals surface area (Å²) in [5.41, 5.74) is 0. The molecule has 0 aliphatic carbocycles. The van der Waals surface area contributed by atoms with Gasteiger partial charge in [0.1, 0.15) is 5.75 Å². The molecule has 0 spiro atoms. The molecule has 0 heterocycles. The highest BCUT2D eigenvalue weighted by atomic mass is 32.5. The van der Waals surface area contributed by atoms with Crippen LogP contribution in [0.2, 0.25) is 0 Å². The third-order valence-electron chi connectivity index (χ3n) is 2.54. The summed E-state index contributed by atoms with van der Waals surface area (Å²) in [5, 5.41) is 0. The molecule has 0 fully saturated rings. The molecule has 0 atom stereocenters. The van der Waals surface area contributed by atoms with E-state index in [2.05, 4.69) is 12.1 Å². The van der Waals surface area contributed by atoms with E-state index in [-0.39, 0.29) is 0 Å². The number of thiol groups is 1. The Labute approximate surface area is 130 Å². The van der Waals surface area contributed by atoms with Gasteiger partial charge in [-0.05, 0) is 38.1 Å². The predicted octanol–water partition coefficient (Wildman–Crippen LogP) is 4.69. The lowest BCUT2D eigenvalue weighted by Gasteiger charge is -2.25. The number of hydrogen-bond acceptors (Lipinski definition) is 3.